The van der Waals surface area contributed by atoms with Gasteiger partial charge < -0.3 is 11.1 Å². The van der Waals surface area contributed by atoms with E-state index in [1.165, 1.54) is 17.7 Å². The van der Waals surface area contributed by atoms with Crippen molar-refractivity contribution in [3.63, 3.8) is 0 Å². The molecule has 3 N–H and O–H groups in total. The van der Waals surface area contributed by atoms with Gasteiger partial charge in [0.1, 0.15) is 5.82 Å². The summed E-state index contributed by atoms with van der Waals surface area (Å²) < 4.78 is 13.0. The predicted octanol–water partition coefficient (Wildman–Crippen LogP) is 3.10. The van der Waals surface area contributed by atoms with Crippen molar-refractivity contribution in [3.05, 3.63) is 65.5 Å². The minimum absolute atomic E-state index is 0.225. The number of nitrogens with zero attached hydrogens (tertiary/aromatic N) is 1. The quantitative estimate of drug-likeness (QED) is 0.663. The van der Waals surface area contributed by atoms with Crippen LogP contribution in [0.1, 0.15) is 11.1 Å². The summed E-state index contributed by atoms with van der Waals surface area (Å²) in [6.45, 7) is 2.55. The number of hydrogen-bond acceptors (Lipinski definition) is 1. The molecule has 0 aliphatic heterocycles. The Balaban J connectivity index is 1.86. The van der Waals surface area contributed by atoms with Crippen LogP contribution < -0.4 is 11.1 Å². The number of nitrogens with one attached hydrogen (secondary N) is 1. The summed E-state index contributed by atoms with van der Waals surface area (Å²) in [5, 5.41) is 3.02. The Hall–Kier alpha value is -2.36. The molecule has 0 heterocycles. The predicted molar refractivity (Wildman–Crippen MR) is 81.4 cm³/mol. The van der Waals surface area contributed by atoms with Crippen molar-refractivity contribution in [1.82, 2.24) is 0 Å². The molecule has 2 aromatic carbocycles. The van der Waals surface area contributed by atoms with Crippen molar-refractivity contribution in [2.75, 3.05) is 11.9 Å². The Bertz CT molecular complexity index is 591. The molecule has 4 heteroatoms. The molecule has 0 bridgehead atoms. The summed E-state index contributed by atoms with van der Waals surface area (Å²) in [6, 6.07) is 14.4. The number of guanidine groups is 1. The number of benzene rings is 2. The molecule has 0 unspecified atom stereocenters. The van der Waals surface area contributed by atoms with Crippen LogP contribution in [0.5, 0.6) is 0 Å². The molecule has 2 aromatic rings. The van der Waals surface area contributed by atoms with E-state index in [1.807, 2.05) is 37.3 Å². The first-order chi connectivity index (χ1) is 9.63. The summed E-state index contributed by atoms with van der Waals surface area (Å²) in [7, 11) is 0. The second-order valence-electron chi connectivity index (χ2n) is 4.64. The van der Waals surface area contributed by atoms with E-state index >= 15 is 0 Å². The lowest BCUT2D eigenvalue weighted by Crippen LogP contribution is -2.23. The number of aliphatic imine (C=N–C) groups is 1. The first-order valence-electron chi connectivity index (χ1n) is 6.51. The number of hydrogen-bond donors (Lipinski definition) is 2. The molecule has 2 rings (SSSR count). The van der Waals surface area contributed by atoms with E-state index in [9.17, 15) is 4.39 Å². The summed E-state index contributed by atoms with van der Waals surface area (Å²) >= 11 is 0. The zero-order valence-corrected chi connectivity index (χ0v) is 11.4. The Morgan fingerprint density at radius 3 is 2.65 bits per heavy atom. The molecule has 0 saturated heterocycles. The topological polar surface area (TPSA) is 50.4 Å². The van der Waals surface area contributed by atoms with Crippen molar-refractivity contribution < 1.29 is 4.39 Å². The van der Waals surface area contributed by atoms with Crippen molar-refractivity contribution in [3.8, 4) is 0 Å². The van der Waals surface area contributed by atoms with E-state index in [-0.39, 0.29) is 5.82 Å². The highest BCUT2D eigenvalue weighted by molar-refractivity contribution is 5.92. The zero-order valence-electron chi connectivity index (χ0n) is 11.4. The standard InChI is InChI=1S/C16H18FN3/c1-12-5-7-15(8-6-12)20-16(18)19-10-9-13-3-2-4-14(17)11-13/h2-8,11H,9-10H2,1H3,(H3,18,19,20). The zero-order chi connectivity index (χ0) is 14.4. The van der Waals surface area contributed by atoms with E-state index < -0.39 is 0 Å². The molecule has 0 atom stereocenters. The number of rotatable bonds is 4. The average Bonchev–Trinajstić information content (AvgIpc) is 2.41. The molecule has 0 aliphatic rings. The lowest BCUT2D eigenvalue weighted by molar-refractivity contribution is 0.625. The van der Waals surface area contributed by atoms with Gasteiger partial charge in [0, 0.05) is 12.2 Å². The van der Waals surface area contributed by atoms with Crippen LogP contribution >= 0.6 is 0 Å². The van der Waals surface area contributed by atoms with Gasteiger partial charge in [0.2, 0.25) is 0 Å². The first-order valence-corrected chi connectivity index (χ1v) is 6.51. The van der Waals surface area contributed by atoms with Crippen molar-refractivity contribution in [2.45, 2.75) is 13.3 Å². The maximum atomic E-state index is 13.0. The van der Waals surface area contributed by atoms with E-state index in [4.69, 9.17) is 5.73 Å². The van der Waals surface area contributed by atoms with Crippen LogP contribution in [0.4, 0.5) is 10.1 Å². The Labute approximate surface area is 118 Å². The molecule has 0 spiro atoms. The molecule has 0 aliphatic carbocycles. The molecular weight excluding hydrogens is 253 g/mol. The Morgan fingerprint density at radius 2 is 1.95 bits per heavy atom. The van der Waals surface area contributed by atoms with Gasteiger partial charge in [-0.1, -0.05) is 29.8 Å². The van der Waals surface area contributed by atoms with Crippen LogP contribution in [0.2, 0.25) is 0 Å². The highest BCUT2D eigenvalue weighted by Gasteiger charge is 1.97. The van der Waals surface area contributed by atoms with Crippen LogP contribution in [0.3, 0.4) is 0 Å². The molecule has 0 radical (unpaired) electrons. The van der Waals surface area contributed by atoms with E-state index in [0.717, 1.165) is 11.3 Å². The van der Waals surface area contributed by atoms with Crippen LogP contribution in [0, 0.1) is 12.7 Å². The summed E-state index contributed by atoms with van der Waals surface area (Å²) in [6.07, 6.45) is 0.661. The van der Waals surface area contributed by atoms with Crippen LogP contribution in [-0.4, -0.2) is 12.5 Å². The SMILES string of the molecule is Cc1ccc(NC(N)=NCCc2cccc(F)c2)cc1. The average molecular weight is 271 g/mol. The normalized spacial score (nSPS) is 11.4. The molecular formula is C16H18FN3. The van der Waals surface area contributed by atoms with Crippen molar-refractivity contribution in [1.29, 1.82) is 0 Å². The van der Waals surface area contributed by atoms with Gasteiger partial charge in [-0.3, -0.25) is 4.99 Å². The van der Waals surface area contributed by atoms with Gasteiger partial charge in [-0.2, -0.15) is 0 Å². The van der Waals surface area contributed by atoms with Crippen LogP contribution in [-0.2, 0) is 6.42 Å². The van der Waals surface area contributed by atoms with E-state index in [1.54, 1.807) is 6.07 Å². The molecule has 0 saturated carbocycles. The molecule has 0 aromatic heterocycles. The second kappa shape index (κ2) is 6.70. The number of aryl methyl sites for hydroxylation is 1. The van der Waals surface area contributed by atoms with Crippen LogP contribution in [0.15, 0.2) is 53.5 Å². The van der Waals surface area contributed by atoms with Crippen molar-refractivity contribution >= 4 is 11.6 Å². The maximum Gasteiger partial charge on any atom is 0.193 e. The number of halogens is 1. The fourth-order valence-electron chi connectivity index (χ4n) is 1.82. The molecule has 20 heavy (non-hydrogen) atoms. The van der Waals surface area contributed by atoms with Gasteiger partial charge >= 0.3 is 0 Å². The summed E-state index contributed by atoms with van der Waals surface area (Å²) in [4.78, 5) is 4.23. The molecule has 104 valence electrons. The summed E-state index contributed by atoms with van der Waals surface area (Å²) in [5.41, 5.74) is 8.81. The molecule has 0 amide bonds. The third-order valence-corrected chi connectivity index (χ3v) is 2.90. The van der Waals surface area contributed by atoms with Gasteiger partial charge in [0.05, 0.1) is 0 Å². The van der Waals surface area contributed by atoms with Crippen LogP contribution in [0.25, 0.3) is 0 Å². The fourth-order valence-corrected chi connectivity index (χ4v) is 1.82. The van der Waals surface area contributed by atoms with Gasteiger partial charge in [0.25, 0.3) is 0 Å². The Morgan fingerprint density at radius 1 is 1.20 bits per heavy atom. The maximum absolute atomic E-state index is 13.0. The lowest BCUT2D eigenvalue weighted by atomic mass is 10.1. The third-order valence-electron chi connectivity index (χ3n) is 2.90. The first kappa shape index (κ1) is 14.1. The van der Waals surface area contributed by atoms with E-state index in [0.29, 0.717) is 18.9 Å². The lowest BCUT2D eigenvalue weighted by Gasteiger charge is -2.06. The smallest absolute Gasteiger partial charge is 0.193 e. The van der Waals surface area contributed by atoms with Gasteiger partial charge in [-0.05, 0) is 43.2 Å². The molecule has 3 nitrogen and oxygen atoms in total. The summed E-state index contributed by atoms with van der Waals surface area (Å²) in [5.74, 6) is 0.141. The van der Waals surface area contributed by atoms with Gasteiger partial charge in [0.15, 0.2) is 5.96 Å². The monoisotopic (exact) mass is 271 g/mol. The van der Waals surface area contributed by atoms with Gasteiger partial charge in [-0.25, -0.2) is 4.39 Å². The van der Waals surface area contributed by atoms with Crippen molar-refractivity contribution in [2.24, 2.45) is 10.7 Å². The Kier molecular flexibility index (Phi) is 4.71. The second-order valence-corrected chi connectivity index (χ2v) is 4.64. The highest BCUT2D eigenvalue weighted by atomic mass is 19.1. The number of anilines is 1. The van der Waals surface area contributed by atoms with Gasteiger partial charge in [-0.15, -0.1) is 0 Å². The highest BCUT2D eigenvalue weighted by Crippen LogP contribution is 2.08. The minimum Gasteiger partial charge on any atom is -0.370 e. The third kappa shape index (κ3) is 4.39. The fraction of sp³-hybridized carbons (Fsp3) is 0.188. The number of nitrogens with two attached hydrogens (primary N) is 1. The minimum atomic E-state index is -0.225. The largest absolute Gasteiger partial charge is 0.370 e. The van der Waals surface area contributed by atoms with E-state index in [2.05, 4.69) is 10.3 Å². The molecule has 0 fully saturated rings.